The molecule has 14 heavy (non-hydrogen) atoms. The van der Waals surface area contributed by atoms with Crippen molar-refractivity contribution in [2.45, 2.75) is 18.9 Å². The molecule has 1 unspecified atom stereocenters. The molecular formula is C10H14ClNOS. The molecule has 0 radical (unpaired) electrons. The Balaban J connectivity index is 2.03. The number of ether oxygens (including phenoxy) is 1. The van der Waals surface area contributed by atoms with Crippen LogP contribution in [-0.4, -0.2) is 13.2 Å². The molecule has 1 aromatic rings. The monoisotopic (exact) mass is 231 g/mol. The van der Waals surface area contributed by atoms with Crippen LogP contribution in [0.2, 0.25) is 4.34 Å². The van der Waals surface area contributed by atoms with E-state index in [1.807, 2.05) is 12.1 Å². The van der Waals surface area contributed by atoms with Gasteiger partial charge in [0.1, 0.15) is 0 Å². The van der Waals surface area contributed by atoms with E-state index in [2.05, 4.69) is 0 Å². The smallest absolute Gasteiger partial charge is 0.0931 e. The Kier molecular flexibility index (Phi) is 3.44. The highest BCUT2D eigenvalue weighted by Crippen LogP contribution is 2.33. The van der Waals surface area contributed by atoms with Gasteiger partial charge in [0.25, 0.3) is 0 Å². The molecule has 0 aromatic carbocycles. The average Bonchev–Trinajstić information content (AvgIpc) is 2.65. The van der Waals surface area contributed by atoms with Crippen LogP contribution in [0.4, 0.5) is 0 Å². The lowest BCUT2D eigenvalue weighted by Crippen LogP contribution is -2.26. The van der Waals surface area contributed by atoms with Crippen LogP contribution in [0, 0.1) is 5.92 Å². The first kappa shape index (κ1) is 10.4. The van der Waals surface area contributed by atoms with Gasteiger partial charge < -0.3 is 10.5 Å². The number of hydrogen-bond donors (Lipinski definition) is 1. The van der Waals surface area contributed by atoms with Crippen molar-refractivity contribution in [2.75, 3.05) is 13.2 Å². The van der Waals surface area contributed by atoms with Crippen LogP contribution >= 0.6 is 22.9 Å². The van der Waals surface area contributed by atoms with Crippen molar-refractivity contribution in [3.8, 4) is 0 Å². The minimum Gasteiger partial charge on any atom is -0.381 e. The van der Waals surface area contributed by atoms with Crippen molar-refractivity contribution in [1.29, 1.82) is 0 Å². The summed E-state index contributed by atoms with van der Waals surface area (Å²) in [5.74, 6) is 0.554. The summed E-state index contributed by atoms with van der Waals surface area (Å²) in [6.07, 6.45) is 2.13. The van der Waals surface area contributed by atoms with Crippen molar-refractivity contribution in [3.63, 3.8) is 0 Å². The lowest BCUT2D eigenvalue weighted by Gasteiger charge is -2.26. The summed E-state index contributed by atoms with van der Waals surface area (Å²) in [6, 6.07) is 4.09. The van der Waals surface area contributed by atoms with E-state index in [4.69, 9.17) is 22.1 Å². The third-order valence-electron chi connectivity index (χ3n) is 2.70. The third-order valence-corrected chi connectivity index (χ3v) is 4.03. The van der Waals surface area contributed by atoms with Gasteiger partial charge in [-0.1, -0.05) is 11.6 Å². The molecule has 2 N–H and O–H groups in total. The van der Waals surface area contributed by atoms with E-state index in [1.54, 1.807) is 11.3 Å². The molecule has 0 saturated carbocycles. The van der Waals surface area contributed by atoms with Crippen LogP contribution in [0.3, 0.4) is 0 Å². The predicted molar refractivity (Wildman–Crippen MR) is 59.8 cm³/mol. The fourth-order valence-electron chi connectivity index (χ4n) is 1.81. The normalized spacial score (nSPS) is 21.0. The standard InChI is InChI=1S/C10H14ClNOS/c11-9-2-1-8(14-9)10(12)7-3-5-13-6-4-7/h1-2,7,10H,3-6,12H2. The van der Waals surface area contributed by atoms with E-state index in [9.17, 15) is 0 Å². The molecule has 0 spiro atoms. The first-order valence-corrected chi connectivity index (χ1v) is 6.05. The van der Waals surface area contributed by atoms with E-state index in [-0.39, 0.29) is 6.04 Å². The summed E-state index contributed by atoms with van der Waals surface area (Å²) in [5.41, 5.74) is 6.18. The van der Waals surface area contributed by atoms with Crippen LogP contribution in [-0.2, 0) is 4.74 Å². The fraction of sp³-hybridized carbons (Fsp3) is 0.600. The number of nitrogens with two attached hydrogens (primary N) is 1. The predicted octanol–water partition coefficient (Wildman–Crippen LogP) is 2.83. The third kappa shape index (κ3) is 2.28. The maximum absolute atomic E-state index is 6.18. The molecule has 0 aliphatic carbocycles. The zero-order valence-electron chi connectivity index (χ0n) is 7.91. The summed E-state index contributed by atoms with van der Waals surface area (Å²) in [5, 5.41) is 0. The first-order chi connectivity index (χ1) is 6.77. The second-order valence-corrected chi connectivity index (χ2v) is 5.36. The maximum Gasteiger partial charge on any atom is 0.0931 e. The molecule has 78 valence electrons. The fourth-order valence-corrected chi connectivity index (χ4v) is 2.97. The molecule has 1 aromatic heterocycles. The SMILES string of the molecule is NC(c1ccc(Cl)s1)C1CCOCC1. The van der Waals surface area contributed by atoms with E-state index >= 15 is 0 Å². The minimum absolute atomic E-state index is 0.136. The zero-order chi connectivity index (χ0) is 9.97. The molecule has 1 aliphatic heterocycles. The van der Waals surface area contributed by atoms with Gasteiger partial charge in [0.05, 0.1) is 4.34 Å². The van der Waals surface area contributed by atoms with Gasteiger partial charge in [-0.15, -0.1) is 11.3 Å². The Hall–Kier alpha value is -0.0900. The summed E-state index contributed by atoms with van der Waals surface area (Å²) >= 11 is 7.47. The van der Waals surface area contributed by atoms with Gasteiger partial charge in [-0.2, -0.15) is 0 Å². The summed E-state index contributed by atoms with van der Waals surface area (Å²) in [6.45, 7) is 1.69. The number of halogens is 1. The quantitative estimate of drug-likeness (QED) is 0.850. The van der Waals surface area contributed by atoms with Gasteiger partial charge in [-0.05, 0) is 30.9 Å². The highest BCUT2D eigenvalue weighted by Gasteiger charge is 2.23. The molecule has 1 fully saturated rings. The van der Waals surface area contributed by atoms with Gasteiger partial charge in [-0.3, -0.25) is 0 Å². The van der Waals surface area contributed by atoms with Gasteiger partial charge in [-0.25, -0.2) is 0 Å². The lowest BCUT2D eigenvalue weighted by atomic mass is 9.91. The highest BCUT2D eigenvalue weighted by atomic mass is 35.5. The van der Waals surface area contributed by atoms with Gasteiger partial charge in [0.15, 0.2) is 0 Å². The van der Waals surface area contributed by atoms with E-state index in [0.717, 1.165) is 30.4 Å². The van der Waals surface area contributed by atoms with Crippen molar-refractivity contribution >= 4 is 22.9 Å². The Morgan fingerprint density at radius 1 is 1.43 bits per heavy atom. The molecule has 1 saturated heterocycles. The Morgan fingerprint density at radius 3 is 2.71 bits per heavy atom. The van der Waals surface area contributed by atoms with E-state index in [0.29, 0.717) is 5.92 Å². The molecule has 0 amide bonds. The molecule has 1 atom stereocenters. The minimum atomic E-state index is 0.136. The molecule has 0 bridgehead atoms. The largest absolute Gasteiger partial charge is 0.381 e. The van der Waals surface area contributed by atoms with E-state index in [1.165, 1.54) is 4.88 Å². The maximum atomic E-state index is 6.18. The number of rotatable bonds is 2. The molecular weight excluding hydrogens is 218 g/mol. The van der Waals surface area contributed by atoms with Crippen molar-refractivity contribution in [1.82, 2.24) is 0 Å². The second kappa shape index (κ2) is 4.62. The van der Waals surface area contributed by atoms with Gasteiger partial charge in [0.2, 0.25) is 0 Å². The summed E-state index contributed by atoms with van der Waals surface area (Å²) in [7, 11) is 0. The number of hydrogen-bond acceptors (Lipinski definition) is 3. The van der Waals surface area contributed by atoms with Crippen LogP contribution in [0.1, 0.15) is 23.8 Å². The van der Waals surface area contributed by atoms with Crippen molar-refractivity contribution < 1.29 is 4.74 Å². The van der Waals surface area contributed by atoms with Crippen molar-refractivity contribution in [3.05, 3.63) is 21.3 Å². The second-order valence-electron chi connectivity index (χ2n) is 3.62. The molecule has 2 heterocycles. The summed E-state index contributed by atoms with van der Waals surface area (Å²) in [4.78, 5) is 1.20. The zero-order valence-corrected chi connectivity index (χ0v) is 9.48. The molecule has 2 rings (SSSR count). The van der Waals surface area contributed by atoms with Crippen LogP contribution in [0.15, 0.2) is 12.1 Å². The Morgan fingerprint density at radius 2 is 2.14 bits per heavy atom. The summed E-state index contributed by atoms with van der Waals surface area (Å²) < 4.78 is 6.13. The van der Waals surface area contributed by atoms with Gasteiger partial charge >= 0.3 is 0 Å². The first-order valence-electron chi connectivity index (χ1n) is 4.86. The van der Waals surface area contributed by atoms with Crippen LogP contribution in [0.5, 0.6) is 0 Å². The van der Waals surface area contributed by atoms with Crippen LogP contribution in [0.25, 0.3) is 0 Å². The topological polar surface area (TPSA) is 35.2 Å². The Labute approximate surface area is 93.0 Å². The molecule has 2 nitrogen and oxygen atoms in total. The van der Waals surface area contributed by atoms with Gasteiger partial charge in [0, 0.05) is 24.1 Å². The van der Waals surface area contributed by atoms with Crippen LogP contribution < -0.4 is 5.73 Å². The van der Waals surface area contributed by atoms with E-state index < -0.39 is 0 Å². The average molecular weight is 232 g/mol. The molecule has 1 aliphatic rings. The highest BCUT2D eigenvalue weighted by molar-refractivity contribution is 7.16. The lowest BCUT2D eigenvalue weighted by molar-refractivity contribution is 0.0587. The Bertz CT molecular complexity index is 296. The number of thiophene rings is 1. The molecule has 4 heteroatoms. The van der Waals surface area contributed by atoms with Crippen molar-refractivity contribution in [2.24, 2.45) is 11.7 Å².